The van der Waals surface area contributed by atoms with E-state index in [0.717, 1.165) is 5.56 Å². The first kappa shape index (κ1) is 22.5. The van der Waals surface area contributed by atoms with Crippen LogP contribution in [0, 0.1) is 6.92 Å². The van der Waals surface area contributed by atoms with Crippen LogP contribution >= 0.6 is 0 Å². The Kier molecular flexibility index (Phi) is 7.70. The predicted octanol–water partition coefficient (Wildman–Crippen LogP) is 7.81. The third kappa shape index (κ3) is 4.71. The molecule has 1 N–H and O–H groups in total. The molecule has 0 amide bonds. The molecule has 3 fully saturated rings. The second kappa shape index (κ2) is 10.3. The summed E-state index contributed by atoms with van der Waals surface area (Å²) < 4.78 is 9.05. The van der Waals surface area contributed by atoms with Crippen LogP contribution in [0.4, 0.5) is 0 Å². The first-order valence-corrected chi connectivity index (χ1v) is 18.7. The van der Waals surface area contributed by atoms with Crippen molar-refractivity contribution in [2.45, 2.75) is 115 Å². The molecule has 3 aliphatic rings. The first-order valence-electron chi connectivity index (χ1n) is 12.6. The zero-order valence-corrected chi connectivity index (χ0v) is 21.7. The van der Waals surface area contributed by atoms with Gasteiger partial charge in [0.1, 0.15) is 0 Å². The zero-order valence-electron chi connectivity index (χ0n) is 18.8. The molecule has 4 rings (SSSR count). The Hall–Kier alpha value is -0.711. The van der Waals surface area contributed by atoms with Gasteiger partial charge in [-0.1, -0.05) is 0 Å². The van der Waals surface area contributed by atoms with E-state index in [4.69, 9.17) is 3.07 Å². The van der Waals surface area contributed by atoms with E-state index in [2.05, 4.69) is 0 Å². The van der Waals surface area contributed by atoms with E-state index in [1.54, 1.807) is 12.1 Å². The van der Waals surface area contributed by atoms with Gasteiger partial charge < -0.3 is 0 Å². The summed E-state index contributed by atoms with van der Waals surface area (Å²) in [6.45, 7) is 1.95. The second-order valence-electron chi connectivity index (χ2n) is 10.3. The number of hydrogen-bond donors (Lipinski definition) is 1. The van der Waals surface area contributed by atoms with Crippen molar-refractivity contribution >= 4 is 24.8 Å². The van der Waals surface area contributed by atoms with E-state index in [9.17, 15) is 9.90 Å². The van der Waals surface area contributed by atoms with Gasteiger partial charge >= 0.3 is 188 Å². The summed E-state index contributed by atoms with van der Waals surface area (Å²) in [4.78, 5) is 13.6. The monoisotopic (exact) mass is 520 g/mol. The number of carbonyl (C=O) groups excluding carboxylic acids is 1. The Morgan fingerprint density at radius 1 is 0.800 bits per heavy atom. The molecule has 0 radical (unpaired) electrons. The Morgan fingerprint density at radius 3 is 1.63 bits per heavy atom. The maximum atomic E-state index is 13.6. The van der Waals surface area contributed by atoms with Gasteiger partial charge in [-0.3, -0.25) is 0 Å². The van der Waals surface area contributed by atoms with Gasteiger partial charge in [0.25, 0.3) is 0 Å². The van der Waals surface area contributed by atoms with Crippen molar-refractivity contribution in [3.63, 3.8) is 0 Å². The first-order chi connectivity index (χ1) is 14.6. The molecule has 0 aliphatic heterocycles. The van der Waals surface area contributed by atoms with Crippen molar-refractivity contribution in [1.29, 1.82) is 0 Å². The molecule has 3 saturated carbocycles. The minimum absolute atomic E-state index is 0.0936. The summed E-state index contributed by atoms with van der Waals surface area (Å²) in [6, 6.07) is 5.41. The number of rotatable bonds is 5. The van der Waals surface area contributed by atoms with Crippen molar-refractivity contribution in [2.75, 3.05) is 0 Å². The van der Waals surface area contributed by atoms with Crippen molar-refractivity contribution in [3.8, 4) is 5.75 Å². The van der Waals surface area contributed by atoms with Gasteiger partial charge in [0.15, 0.2) is 0 Å². The van der Waals surface area contributed by atoms with E-state index in [1.807, 2.05) is 13.0 Å². The normalized spacial score (nSPS) is 22.7. The topological polar surface area (TPSA) is 46.5 Å². The third-order valence-corrected chi connectivity index (χ3v) is 25.8. The molecule has 3 nitrogen and oxygen atoms in total. The molecule has 4 heteroatoms. The van der Waals surface area contributed by atoms with Gasteiger partial charge in [-0.05, 0) is 0 Å². The quantitative estimate of drug-likeness (QED) is 0.404. The fourth-order valence-corrected chi connectivity index (χ4v) is 26.5. The molecule has 0 spiro atoms. The maximum absolute atomic E-state index is 13.6. The van der Waals surface area contributed by atoms with Crippen LogP contribution < -0.4 is 0 Å². The molecule has 30 heavy (non-hydrogen) atoms. The number of phenols is 1. The summed E-state index contributed by atoms with van der Waals surface area (Å²) in [5, 5.41) is 10.5. The number of benzene rings is 1. The minimum atomic E-state index is -3.36. The number of hydrogen-bond acceptors (Lipinski definition) is 3. The average molecular weight is 519 g/mol. The number of aromatic hydroxyl groups is 1. The van der Waals surface area contributed by atoms with Crippen LogP contribution in [0.5, 0.6) is 5.75 Å². The molecular weight excluding hydrogens is 479 g/mol. The molecule has 0 heterocycles. The summed E-state index contributed by atoms with van der Waals surface area (Å²) in [5.74, 6) is -0.110. The van der Waals surface area contributed by atoms with Crippen LogP contribution in [-0.2, 0) is 3.07 Å². The average Bonchev–Trinajstić information content (AvgIpc) is 2.79. The fraction of sp³-hybridized carbons (Fsp3) is 0.731. The van der Waals surface area contributed by atoms with Gasteiger partial charge in [0.2, 0.25) is 0 Å². The Balaban J connectivity index is 1.72. The van der Waals surface area contributed by atoms with Crippen molar-refractivity contribution in [1.82, 2.24) is 0 Å². The predicted molar refractivity (Wildman–Crippen MR) is 125 cm³/mol. The van der Waals surface area contributed by atoms with Crippen LogP contribution in [0.1, 0.15) is 112 Å². The zero-order chi connectivity index (χ0) is 21.0. The van der Waals surface area contributed by atoms with Crippen molar-refractivity contribution in [2.24, 2.45) is 0 Å². The van der Waals surface area contributed by atoms with E-state index >= 15 is 0 Å². The molecule has 0 unspecified atom stereocenters. The molecule has 3 aliphatic carbocycles. The van der Waals surface area contributed by atoms with Crippen LogP contribution in [-0.4, -0.2) is 29.9 Å². The molecule has 0 aromatic heterocycles. The van der Waals surface area contributed by atoms with Crippen LogP contribution in [0.15, 0.2) is 18.2 Å². The second-order valence-corrected chi connectivity index (χ2v) is 22.7. The molecule has 0 atom stereocenters. The van der Waals surface area contributed by atoms with E-state index < -0.39 is 18.8 Å². The van der Waals surface area contributed by atoms with Gasteiger partial charge in [-0.15, -0.1) is 0 Å². The Labute approximate surface area is 187 Å². The third-order valence-electron chi connectivity index (χ3n) is 8.37. The summed E-state index contributed by atoms with van der Waals surface area (Å²) >= 11 is -3.36. The molecule has 0 bridgehead atoms. The van der Waals surface area contributed by atoms with Crippen LogP contribution in [0.25, 0.3) is 0 Å². The number of carbonyl (C=O) groups is 1. The van der Waals surface area contributed by atoms with Gasteiger partial charge in [-0.2, -0.15) is 0 Å². The fourth-order valence-electron chi connectivity index (χ4n) is 6.94. The number of aryl methyl sites for hydroxylation is 1. The summed E-state index contributed by atoms with van der Waals surface area (Å²) in [7, 11) is 0. The van der Waals surface area contributed by atoms with Gasteiger partial charge in [-0.25, -0.2) is 0 Å². The van der Waals surface area contributed by atoms with E-state index in [1.165, 1.54) is 96.3 Å². The molecule has 0 saturated heterocycles. The SMILES string of the molecule is Cc1ccc(C(=O)[O][Sn]([CH]2CCCCC2)([CH]2CCCCC2)[CH]2CCCCC2)c(O)c1. The summed E-state index contributed by atoms with van der Waals surface area (Å²) in [5.41, 5.74) is 1.37. The molecule has 166 valence electrons. The summed E-state index contributed by atoms with van der Waals surface area (Å²) in [6.07, 6.45) is 19.7. The standard InChI is InChI=1S/C8H8O3.3C6H11.Sn/c1-5-2-3-6(8(10)11)7(9)4-5;3*1-2-4-6-5-3-1;/h2-4,9H,1H3,(H,10,11);3*1H,2-6H2;/q;;;;+1/p-1. The molecule has 1 aromatic rings. The van der Waals surface area contributed by atoms with Crippen LogP contribution in [0.3, 0.4) is 0 Å². The van der Waals surface area contributed by atoms with Crippen LogP contribution in [0.2, 0.25) is 11.8 Å². The van der Waals surface area contributed by atoms with Gasteiger partial charge in [0.05, 0.1) is 0 Å². The van der Waals surface area contributed by atoms with Crippen molar-refractivity contribution in [3.05, 3.63) is 29.3 Å². The van der Waals surface area contributed by atoms with E-state index in [-0.39, 0.29) is 11.7 Å². The molecule has 1 aromatic carbocycles. The Bertz CT molecular complexity index is 667. The van der Waals surface area contributed by atoms with Gasteiger partial charge in [0, 0.05) is 0 Å². The Morgan fingerprint density at radius 2 is 1.23 bits per heavy atom. The number of phenolic OH excluding ortho intramolecular Hbond substituents is 1. The van der Waals surface area contributed by atoms with Crippen molar-refractivity contribution < 1.29 is 13.0 Å². The van der Waals surface area contributed by atoms with E-state index in [0.29, 0.717) is 17.4 Å². The molecular formula is C26H40O3Sn.